The lowest BCUT2D eigenvalue weighted by Gasteiger charge is -2.44. The third-order valence-corrected chi connectivity index (χ3v) is 5.45. The Kier molecular flexibility index (Phi) is 6.72. The molecule has 1 saturated heterocycles. The molecule has 0 bridgehead atoms. The van der Waals surface area contributed by atoms with E-state index in [4.69, 9.17) is 4.74 Å². The Morgan fingerprint density at radius 2 is 1.80 bits per heavy atom. The Labute approximate surface area is 175 Å². The highest BCUT2D eigenvalue weighted by Gasteiger charge is 2.32. The van der Waals surface area contributed by atoms with Crippen LogP contribution >= 0.6 is 0 Å². The Hall–Kier alpha value is -2.93. The van der Waals surface area contributed by atoms with Crippen LogP contribution in [0.2, 0.25) is 0 Å². The van der Waals surface area contributed by atoms with Crippen molar-refractivity contribution in [2.24, 2.45) is 0 Å². The smallest absolute Gasteiger partial charge is 0.339 e. The minimum Gasteiger partial charge on any atom is -0.483 e. The lowest BCUT2D eigenvalue weighted by molar-refractivity contribution is -0.139. The summed E-state index contributed by atoms with van der Waals surface area (Å²) in [7, 11) is 0. The molecule has 1 N–H and O–H groups in total. The van der Waals surface area contributed by atoms with Crippen molar-refractivity contribution >= 4 is 11.9 Å². The largest absolute Gasteiger partial charge is 0.483 e. The number of carboxylic acids is 1. The number of amides is 1. The van der Waals surface area contributed by atoms with Gasteiger partial charge >= 0.3 is 5.97 Å². The zero-order valence-electron chi connectivity index (χ0n) is 17.5. The van der Waals surface area contributed by atoms with Gasteiger partial charge in [-0.1, -0.05) is 23.8 Å². The molecule has 3 rings (SSSR count). The molecule has 0 radical (unpaired) electrons. The van der Waals surface area contributed by atoms with E-state index in [2.05, 4.69) is 11.8 Å². The number of aromatic carboxylic acids is 1. The van der Waals surface area contributed by atoms with Crippen molar-refractivity contribution in [3.05, 3.63) is 65.0 Å². The predicted octanol–water partition coefficient (Wildman–Crippen LogP) is 3.33. The molecule has 1 amide bonds. The Balaban J connectivity index is 1.60. The van der Waals surface area contributed by atoms with Crippen molar-refractivity contribution in [3.63, 3.8) is 0 Å². The van der Waals surface area contributed by atoms with Gasteiger partial charge in [-0.15, -0.1) is 0 Å². The molecule has 0 aliphatic carbocycles. The van der Waals surface area contributed by atoms with Crippen molar-refractivity contribution in [2.45, 2.75) is 39.4 Å². The second-order valence-corrected chi connectivity index (χ2v) is 7.89. The molecular formula is C23H27FN2O4. The van der Waals surface area contributed by atoms with Crippen LogP contribution in [0, 0.1) is 12.7 Å². The first-order chi connectivity index (χ1) is 14.2. The number of ether oxygens (including phenoxy) is 1. The maximum absolute atomic E-state index is 13.1. The zero-order chi connectivity index (χ0) is 21.8. The van der Waals surface area contributed by atoms with Gasteiger partial charge in [0, 0.05) is 31.7 Å². The van der Waals surface area contributed by atoms with Gasteiger partial charge in [-0.3, -0.25) is 9.69 Å². The fraction of sp³-hybridized carbons (Fsp3) is 0.391. The Morgan fingerprint density at radius 3 is 2.47 bits per heavy atom. The van der Waals surface area contributed by atoms with Gasteiger partial charge in [0.05, 0.1) is 0 Å². The molecule has 2 aromatic carbocycles. The summed E-state index contributed by atoms with van der Waals surface area (Å²) in [5.74, 6) is -1.32. The average Bonchev–Trinajstić information content (AvgIpc) is 2.70. The lowest BCUT2D eigenvalue weighted by Crippen LogP contribution is -2.58. The van der Waals surface area contributed by atoms with Crippen LogP contribution in [0.5, 0.6) is 5.75 Å². The number of carbonyl (C=O) groups is 2. The highest BCUT2D eigenvalue weighted by molar-refractivity contribution is 5.91. The minimum atomic E-state index is -1.09. The first kappa shape index (κ1) is 21.8. The Bertz CT molecular complexity index is 916. The molecule has 1 fully saturated rings. The molecular weight excluding hydrogens is 387 g/mol. The third-order valence-electron chi connectivity index (χ3n) is 5.45. The molecule has 1 heterocycles. The van der Waals surface area contributed by atoms with E-state index in [0.717, 1.165) is 11.1 Å². The lowest BCUT2D eigenvalue weighted by atomic mass is 10.1. The standard InChI is InChI=1S/C23H27FN2O4/c1-15-4-9-21(20(10-15)23(28)29)30-14-22(27)26-12-16(2)25(11-17(26)3)13-18-5-7-19(24)8-6-18/h4-10,16-17H,11-14H2,1-3H3,(H,28,29)/t16-,17+/m0/s1. The fourth-order valence-corrected chi connectivity index (χ4v) is 3.75. The van der Waals surface area contributed by atoms with Crippen LogP contribution in [0.1, 0.15) is 35.3 Å². The molecule has 0 unspecified atom stereocenters. The second kappa shape index (κ2) is 9.26. The van der Waals surface area contributed by atoms with E-state index in [-0.39, 0.29) is 41.7 Å². The SMILES string of the molecule is Cc1ccc(OCC(=O)N2C[C@H](C)N(Cc3ccc(F)cc3)C[C@H]2C)c(C(=O)O)c1. The van der Waals surface area contributed by atoms with E-state index < -0.39 is 5.97 Å². The number of halogens is 1. The summed E-state index contributed by atoms with van der Waals surface area (Å²) in [6, 6.07) is 11.4. The molecule has 7 heteroatoms. The van der Waals surface area contributed by atoms with Gasteiger partial charge in [0.25, 0.3) is 5.91 Å². The van der Waals surface area contributed by atoms with Crippen LogP contribution < -0.4 is 4.74 Å². The van der Waals surface area contributed by atoms with Crippen LogP contribution in [-0.4, -0.2) is 58.6 Å². The summed E-state index contributed by atoms with van der Waals surface area (Å²) < 4.78 is 18.7. The van der Waals surface area contributed by atoms with Gasteiger partial charge in [0.2, 0.25) is 0 Å². The fourth-order valence-electron chi connectivity index (χ4n) is 3.75. The maximum Gasteiger partial charge on any atom is 0.339 e. The van der Waals surface area contributed by atoms with Gasteiger partial charge in [-0.05, 0) is 50.6 Å². The summed E-state index contributed by atoms with van der Waals surface area (Å²) in [4.78, 5) is 28.2. The van der Waals surface area contributed by atoms with E-state index in [1.165, 1.54) is 18.2 Å². The molecule has 6 nitrogen and oxygen atoms in total. The maximum atomic E-state index is 13.1. The number of hydrogen-bond acceptors (Lipinski definition) is 4. The van der Waals surface area contributed by atoms with E-state index in [0.29, 0.717) is 19.6 Å². The minimum absolute atomic E-state index is 0.0188. The molecule has 1 aliphatic heterocycles. The molecule has 0 saturated carbocycles. The van der Waals surface area contributed by atoms with Crippen molar-refractivity contribution < 1.29 is 23.8 Å². The van der Waals surface area contributed by atoms with E-state index >= 15 is 0 Å². The highest BCUT2D eigenvalue weighted by Crippen LogP contribution is 2.22. The van der Waals surface area contributed by atoms with Crippen LogP contribution in [0.4, 0.5) is 4.39 Å². The van der Waals surface area contributed by atoms with Crippen molar-refractivity contribution in [3.8, 4) is 5.75 Å². The van der Waals surface area contributed by atoms with E-state index in [1.54, 1.807) is 36.1 Å². The number of carbonyl (C=O) groups excluding carboxylic acids is 1. The number of rotatable bonds is 6. The van der Waals surface area contributed by atoms with Gasteiger partial charge in [-0.2, -0.15) is 0 Å². The van der Waals surface area contributed by atoms with Crippen molar-refractivity contribution in [1.82, 2.24) is 9.80 Å². The van der Waals surface area contributed by atoms with E-state index in [1.807, 2.05) is 6.92 Å². The number of aryl methyl sites for hydroxylation is 1. The molecule has 2 atom stereocenters. The van der Waals surface area contributed by atoms with Crippen LogP contribution in [0.15, 0.2) is 42.5 Å². The summed E-state index contributed by atoms with van der Waals surface area (Å²) in [6.45, 7) is 7.55. The normalized spacial score (nSPS) is 19.5. The molecule has 160 valence electrons. The van der Waals surface area contributed by atoms with Gasteiger partial charge in [0.15, 0.2) is 6.61 Å². The number of benzene rings is 2. The monoisotopic (exact) mass is 414 g/mol. The summed E-state index contributed by atoms with van der Waals surface area (Å²) in [5.41, 5.74) is 1.89. The molecule has 1 aliphatic rings. The topological polar surface area (TPSA) is 70.1 Å². The quantitative estimate of drug-likeness (QED) is 0.785. The summed E-state index contributed by atoms with van der Waals surface area (Å²) in [5, 5.41) is 9.34. The zero-order valence-corrected chi connectivity index (χ0v) is 17.5. The number of hydrogen-bond donors (Lipinski definition) is 1. The van der Waals surface area contributed by atoms with Gasteiger partial charge in [0.1, 0.15) is 17.1 Å². The first-order valence-corrected chi connectivity index (χ1v) is 9.99. The highest BCUT2D eigenvalue weighted by atomic mass is 19.1. The van der Waals surface area contributed by atoms with Crippen LogP contribution in [0.3, 0.4) is 0 Å². The third kappa shape index (κ3) is 5.16. The van der Waals surface area contributed by atoms with Crippen molar-refractivity contribution in [2.75, 3.05) is 19.7 Å². The second-order valence-electron chi connectivity index (χ2n) is 7.89. The average molecular weight is 414 g/mol. The molecule has 30 heavy (non-hydrogen) atoms. The number of carboxylic acid groups (broad SMARTS) is 1. The summed E-state index contributed by atoms with van der Waals surface area (Å²) in [6.07, 6.45) is 0. The van der Waals surface area contributed by atoms with Crippen LogP contribution in [-0.2, 0) is 11.3 Å². The van der Waals surface area contributed by atoms with Crippen LogP contribution in [0.25, 0.3) is 0 Å². The predicted molar refractivity (Wildman–Crippen MR) is 111 cm³/mol. The summed E-state index contributed by atoms with van der Waals surface area (Å²) >= 11 is 0. The molecule has 0 aromatic heterocycles. The van der Waals surface area contributed by atoms with Crippen molar-refractivity contribution in [1.29, 1.82) is 0 Å². The van der Waals surface area contributed by atoms with Gasteiger partial charge < -0.3 is 14.7 Å². The first-order valence-electron chi connectivity index (χ1n) is 9.99. The number of nitrogens with zero attached hydrogens (tertiary/aromatic N) is 2. The van der Waals surface area contributed by atoms with Gasteiger partial charge in [-0.25, -0.2) is 9.18 Å². The van der Waals surface area contributed by atoms with E-state index in [9.17, 15) is 19.1 Å². The Morgan fingerprint density at radius 1 is 1.10 bits per heavy atom. The molecule has 2 aromatic rings. The number of piperazine rings is 1. The molecule has 0 spiro atoms.